The van der Waals surface area contributed by atoms with Gasteiger partial charge in [-0.3, -0.25) is 4.90 Å². The number of hydrogen-bond acceptors (Lipinski definition) is 2. The molecule has 1 aliphatic rings. The maximum Gasteiger partial charge on any atom is 0.0233 e. The lowest BCUT2D eigenvalue weighted by Crippen LogP contribution is -2.18. The largest absolute Gasteiger partial charge is 0.323 e. The number of nitrogens with one attached hydrogen (secondary N) is 1. The first kappa shape index (κ1) is 16.1. The van der Waals surface area contributed by atoms with Gasteiger partial charge in [-0.05, 0) is 45.6 Å². The molecule has 1 heterocycles. The molecule has 0 atom stereocenters. The molecule has 0 bridgehead atoms. The molecule has 1 saturated heterocycles. The van der Waals surface area contributed by atoms with Crippen molar-refractivity contribution in [3.63, 3.8) is 0 Å². The Morgan fingerprint density at radius 1 is 1.00 bits per heavy atom. The van der Waals surface area contributed by atoms with E-state index in [2.05, 4.69) is 40.5 Å². The molecule has 2 heteroatoms. The van der Waals surface area contributed by atoms with Crippen LogP contribution in [0.3, 0.4) is 0 Å². The highest BCUT2D eigenvalue weighted by Crippen LogP contribution is 2.11. The van der Waals surface area contributed by atoms with Crippen LogP contribution in [0.4, 0.5) is 0 Å². The third-order valence-electron chi connectivity index (χ3n) is 2.45. The molecule has 0 radical (unpaired) electrons. The summed E-state index contributed by atoms with van der Waals surface area (Å²) >= 11 is 0. The van der Waals surface area contributed by atoms with E-state index in [1.165, 1.54) is 31.5 Å². The van der Waals surface area contributed by atoms with Gasteiger partial charge in [-0.25, -0.2) is 0 Å². The maximum atomic E-state index is 2.75. The Morgan fingerprint density at radius 2 is 1.47 bits per heavy atom. The molecule has 0 saturated carbocycles. The van der Waals surface area contributed by atoms with Gasteiger partial charge in [0.1, 0.15) is 0 Å². The third kappa shape index (κ3) is 7.94. The highest BCUT2D eigenvalue weighted by Gasteiger charge is 2.10. The maximum absolute atomic E-state index is 2.75. The van der Waals surface area contributed by atoms with Crippen LogP contribution < -0.4 is 5.32 Å². The summed E-state index contributed by atoms with van der Waals surface area (Å²) < 4.78 is 0. The molecule has 0 spiro atoms. The van der Waals surface area contributed by atoms with Crippen molar-refractivity contribution in [3.8, 4) is 0 Å². The van der Waals surface area contributed by atoms with Gasteiger partial charge < -0.3 is 5.32 Å². The number of hydrogen-bond donors (Lipinski definition) is 1. The Hall–Kier alpha value is -0.860. The van der Waals surface area contributed by atoms with Crippen LogP contribution in [0.15, 0.2) is 30.3 Å². The van der Waals surface area contributed by atoms with Crippen molar-refractivity contribution >= 4 is 0 Å². The summed E-state index contributed by atoms with van der Waals surface area (Å²) in [4.78, 5) is 2.52. The highest BCUT2D eigenvalue weighted by atomic mass is 15.1. The quantitative estimate of drug-likeness (QED) is 0.848. The molecule has 1 aromatic rings. The minimum atomic E-state index is 1.14. The fourth-order valence-electron chi connectivity index (χ4n) is 1.78. The van der Waals surface area contributed by atoms with Crippen LogP contribution in [0, 0.1) is 0 Å². The second-order valence-electron chi connectivity index (χ2n) is 3.97. The van der Waals surface area contributed by atoms with Gasteiger partial charge in [-0.15, -0.1) is 0 Å². The molecule has 98 valence electrons. The second-order valence-corrected chi connectivity index (χ2v) is 3.97. The molecule has 0 aromatic heterocycles. The monoisotopic (exact) mass is 236 g/mol. The lowest BCUT2D eigenvalue weighted by atomic mass is 10.2. The molecule has 1 fully saturated rings. The van der Waals surface area contributed by atoms with Crippen molar-refractivity contribution in [2.45, 2.75) is 33.2 Å². The van der Waals surface area contributed by atoms with Gasteiger partial charge in [0.15, 0.2) is 0 Å². The van der Waals surface area contributed by atoms with E-state index in [1.807, 2.05) is 27.9 Å². The molecule has 17 heavy (non-hydrogen) atoms. The van der Waals surface area contributed by atoms with Crippen molar-refractivity contribution in [1.82, 2.24) is 10.2 Å². The Labute approximate surface area is 107 Å². The fraction of sp³-hybridized carbons (Fsp3) is 0.600. The van der Waals surface area contributed by atoms with Gasteiger partial charge in [0.25, 0.3) is 0 Å². The zero-order valence-corrected chi connectivity index (χ0v) is 11.9. The van der Waals surface area contributed by atoms with Gasteiger partial charge in [0.2, 0.25) is 0 Å². The van der Waals surface area contributed by atoms with Crippen LogP contribution in [0.1, 0.15) is 32.3 Å². The molecule has 2 nitrogen and oxygen atoms in total. The van der Waals surface area contributed by atoms with Crippen molar-refractivity contribution in [2.75, 3.05) is 27.2 Å². The van der Waals surface area contributed by atoms with Crippen LogP contribution in [0.25, 0.3) is 0 Å². The van der Waals surface area contributed by atoms with Crippen molar-refractivity contribution < 1.29 is 0 Å². The van der Waals surface area contributed by atoms with Gasteiger partial charge in [0.05, 0.1) is 0 Å². The van der Waals surface area contributed by atoms with E-state index < -0.39 is 0 Å². The topological polar surface area (TPSA) is 15.3 Å². The summed E-state index contributed by atoms with van der Waals surface area (Å²) in [6.07, 6.45) is 2.76. The van der Waals surface area contributed by atoms with Gasteiger partial charge in [0, 0.05) is 6.54 Å². The standard InChI is InChI=1S/C11H15N.C2H7N.C2H6/c1-2-6-11(7-3-1)10-12-8-4-5-9-12;1-3-2;1-2/h1-3,6-7H,4-5,8-10H2;3H,1-2H3;1-2H3. The van der Waals surface area contributed by atoms with Gasteiger partial charge >= 0.3 is 0 Å². The Bertz CT molecular complexity index is 240. The van der Waals surface area contributed by atoms with Crippen LogP contribution >= 0.6 is 0 Å². The Morgan fingerprint density at radius 3 is 1.94 bits per heavy atom. The summed E-state index contributed by atoms with van der Waals surface area (Å²) in [6, 6.07) is 10.7. The highest BCUT2D eigenvalue weighted by molar-refractivity contribution is 5.14. The zero-order valence-electron chi connectivity index (χ0n) is 11.9. The van der Waals surface area contributed by atoms with Gasteiger partial charge in [-0.1, -0.05) is 44.2 Å². The minimum absolute atomic E-state index is 1.14. The molecule has 0 unspecified atom stereocenters. The lowest BCUT2D eigenvalue weighted by molar-refractivity contribution is 0.331. The van der Waals surface area contributed by atoms with Gasteiger partial charge in [-0.2, -0.15) is 0 Å². The average molecular weight is 236 g/mol. The van der Waals surface area contributed by atoms with E-state index in [4.69, 9.17) is 0 Å². The van der Waals surface area contributed by atoms with Crippen LogP contribution in [-0.2, 0) is 6.54 Å². The van der Waals surface area contributed by atoms with Crippen LogP contribution in [-0.4, -0.2) is 32.1 Å². The molecule has 0 aliphatic carbocycles. The Balaban J connectivity index is 0.000000450. The normalized spacial score (nSPS) is 14.4. The molecule has 2 rings (SSSR count). The van der Waals surface area contributed by atoms with E-state index in [0.717, 1.165) is 6.54 Å². The smallest absolute Gasteiger partial charge is 0.0233 e. The third-order valence-corrected chi connectivity index (χ3v) is 2.45. The molecule has 0 amide bonds. The van der Waals surface area contributed by atoms with E-state index in [9.17, 15) is 0 Å². The number of nitrogens with zero attached hydrogens (tertiary/aromatic N) is 1. The van der Waals surface area contributed by atoms with Crippen molar-refractivity contribution in [2.24, 2.45) is 0 Å². The first-order chi connectivity index (χ1) is 8.36. The van der Waals surface area contributed by atoms with Crippen molar-refractivity contribution in [1.29, 1.82) is 0 Å². The summed E-state index contributed by atoms with van der Waals surface area (Å²) in [6.45, 7) is 7.71. The molecular weight excluding hydrogens is 208 g/mol. The van der Waals surface area contributed by atoms with E-state index in [0.29, 0.717) is 0 Å². The minimum Gasteiger partial charge on any atom is -0.323 e. The van der Waals surface area contributed by atoms with Crippen molar-refractivity contribution in [3.05, 3.63) is 35.9 Å². The average Bonchev–Trinajstić information content (AvgIpc) is 2.87. The lowest BCUT2D eigenvalue weighted by Gasteiger charge is -2.13. The number of rotatable bonds is 2. The molecule has 1 N–H and O–H groups in total. The first-order valence-electron chi connectivity index (χ1n) is 6.71. The number of benzene rings is 1. The summed E-state index contributed by atoms with van der Waals surface area (Å²) in [5.41, 5.74) is 1.44. The predicted octanol–water partition coefficient (Wildman–Crippen LogP) is 3.14. The Kier molecular flexibility index (Phi) is 11.0. The van der Waals surface area contributed by atoms with Crippen LogP contribution in [0.5, 0.6) is 0 Å². The molecule has 1 aliphatic heterocycles. The predicted molar refractivity (Wildman–Crippen MR) is 77.3 cm³/mol. The van der Waals surface area contributed by atoms with E-state index in [1.54, 1.807) is 0 Å². The summed E-state index contributed by atoms with van der Waals surface area (Å²) in [5.74, 6) is 0. The SMILES string of the molecule is CC.CNC.c1ccc(CN2CCCC2)cc1. The van der Waals surface area contributed by atoms with Crippen LogP contribution in [0.2, 0.25) is 0 Å². The van der Waals surface area contributed by atoms with E-state index in [-0.39, 0.29) is 0 Å². The fourth-order valence-corrected chi connectivity index (χ4v) is 1.78. The number of likely N-dealkylation sites (tertiary alicyclic amines) is 1. The summed E-state index contributed by atoms with van der Waals surface area (Å²) in [5, 5.41) is 2.75. The molecule has 1 aromatic carbocycles. The first-order valence-corrected chi connectivity index (χ1v) is 6.71. The van der Waals surface area contributed by atoms with E-state index >= 15 is 0 Å². The zero-order chi connectivity index (χ0) is 12.9. The second kappa shape index (κ2) is 11.6. The molecular formula is C15H28N2. The summed E-state index contributed by atoms with van der Waals surface area (Å²) in [7, 11) is 3.75.